The van der Waals surface area contributed by atoms with Crippen molar-refractivity contribution in [2.75, 3.05) is 7.11 Å². The van der Waals surface area contributed by atoms with Crippen LogP contribution >= 0.6 is 0 Å². The standard InChI is InChI=1S/C8H11NO2/c1-11-8(10)9-7-5-3-2-4-6-7/h2-3,5H,4,6H2,1H3,(H,9,10). The summed E-state index contributed by atoms with van der Waals surface area (Å²) in [5, 5.41) is 2.62. The molecule has 1 amide bonds. The van der Waals surface area contributed by atoms with Gasteiger partial charge in [0.15, 0.2) is 0 Å². The number of nitrogens with one attached hydrogen (secondary N) is 1. The van der Waals surface area contributed by atoms with Crippen molar-refractivity contribution in [2.45, 2.75) is 12.8 Å². The molecule has 0 heterocycles. The van der Waals surface area contributed by atoms with Crippen LogP contribution in [0.25, 0.3) is 0 Å². The van der Waals surface area contributed by atoms with Crippen LogP contribution in [0.15, 0.2) is 23.9 Å². The average Bonchev–Trinajstić information content (AvgIpc) is 2.06. The Hall–Kier alpha value is -1.25. The van der Waals surface area contributed by atoms with E-state index < -0.39 is 6.09 Å². The fraction of sp³-hybridized carbons (Fsp3) is 0.375. The third-order valence-corrected chi connectivity index (χ3v) is 1.46. The third-order valence-electron chi connectivity index (χ3n) is 1.46. The van der Waals surface area contributed by atoms with Crippen LogP contribution in [-0.2, 0) is 4.74 Å². The lowest BCUT2D eigenvalue weighted by molar-refractivity contribution is 0.174. The first-order chi connectivity index (χ1) is 5.33. The first-order valence-corrected chi connectivity index (χ1v) is 3.53. The molecule has 0 bridgehead atoms. The van der Waals surface area contributed by atoms with E-state index in [0.717, 1.165) is 18.5 Å². The van der Waals surface area contributed by atoms with E-state index >= 15 is 0 Å². The van der Waals surface area contributed by atoms with Crippen molar-refractivity contribution in [1.29, 1.82) is 0 Å². The van der Waals surface area contributed by atoms with Crippen LogP contribution in [0.3, 0.4) is 0 Å². The van der Waals surface area contributed by atoms with Gasteiger partial charge in [-0.2, -0.15) is 0 Å². The Morgan fingerprint density at radius 2 is 2.55 bits per heavy atom. The predicted octanol–water partition coefficient (Wildman–Crippen LogP) is 1.58. The predicted molar refractivity (Wildman–Crippen MR) is 42.0 cm³/mol. The number of hydrogen-bond donors (Lipinski definition) is 1. The second-order valence-electron chi connectivity index (χ2n) is 2.28. The van der Waals surface area contributed by atoms with E-state index in [1.165, 1.54) is 7.11 Å². The number of carbonyl (C=O) groups excluding carboxylic acids is 1. The van der Waals surface area contributed by atoms with Crippen LogP contribution in [-0.4, -0.2) is 13.2 Å². The van der Waals surface area contributed by atoms with Crippen LogP contribution in [0, 0.1) is 0 Å². The summed E-state index contributed by atoms with van der Waals surface area (Å²) in [5.74, 6) is 0. The second kappa shape index (κ2) is 3.81. The van der Waals surface area contributed by atoms with E-state index in [4.69, 9.17) is 0 Å². The fourth-order valence-corrected chi connectivity index (χ4v) is 0.889. The molecule has 0 unspecified atom stereocenters. The molecule has 0 aromatic rings. The zero-order valence-electron chi connectivity index (χ0n) is 6.46. The van der Waals surface area contributed by atoms with Crippen LogP contribution < -0.4 is 5.32 Å². The van der Waals surface area contributed by atoms with Crippen LogP contribution in [0.4, 0.5) is 4.79 Å². The summed E-state index contributed by atoms with van der Waals surface area (Å²) in [6.45, 7) is 0. The molecule has 1 rings (SSSR count). The van der Waals surface area contributed by atoms with Crippen molar-refractivity contribution < 1.29 is 9.53 Å². The first-order valence-electron chi connectivity index (χ1n) is 3.53. The SMILES string of the molecule is COC(=O)NC1=CC=CCC1. The minimum absolute atomic E-state index is 0.397. The molecule has 60 valence electrons. The molecule has 0 saturated carbocycles. The van der Waals surface area contributed by atoms with Gasteiger partial charge in [-0.15, -0.1) is 0 Å². The van der Waals surface area contributed by atoms with Crippen LogP contribution in [0.1, 0.15) is 12.8 Å². The summed E-state index contributed by atoms with van der Waals surface area (Å²) in [5.41, 5.74) is 0.916. The summed E-state index contributed by atoms with van der Waals surface area (Å²) >= 11 is 0. The van der Waals surface area contributed by atoms with Gasteiger partial charge in [0.25, 0.3) is 0 Å². The Labute approximate surface area is 65.7 Å². The van der Waals surface area contributed by atoms with Gasteiger partial charge in [0, 0.05) is 5.70 Å². The summed E-state index contributed by atoms with van der Waals surface area (Å²) in [6.07, 6.45) is 7.32. The summed E-state index contributed by atoms with van der Waals surface area (Å²) in [7, 11) is 1.36. The molecule has 0 fully saturated rings. The van der Waals surface area contributed by atoms with Crippen LogP contribution in [0.2, 0.25) is 0 Å². The molecule has 3 heteroatoms. The van der Waals surface area contributed by atoms with Gasteiger partial charge >= 0.3 is 6.09 Å². The third kappa shape index (κ3) is 2.45. The monoisotopic (exact) mass is 153 g/mol. The van der Waals surface area contributed by atoms with E-state index in [2.05, 4.69) is 16.1 Å². The molecule has 3 nitrogen and oxygen atoms in total. The lowest BCUT2D eigenvalue weighted by Gasteiger charge is -2.08. The van der Waals surface area contributed by atoms with E-state index in [0.29, 0.717) is 0 Å². The van der Waals surface area contributed by atoms with Crippen molar-refractivity contribution in [3.05, 3.63) is 23.9 Å². The quantitative estimate of drug-likeness (QED) is 0.621. The van der Waals surface area contributed by atoms with Gasteiger partial charge in [-0.3, -0.25) is 5.32 Å². The maximum absolute atomic E-state index is 10.7. The molecule has 0 saturated heterocycles. The normalized spacial score (nSPS) is 15.5. The highest BCUT2D eigenvalue weighted by atomic mass is 16.5. The van der Waals surface area contributed by atoms with Crippen molar-refractivity contribution in [1.82, 2.24) is 5.32 Å². The number of methoxy groups -OCH3 is 1. The lowest BCUT2D eigenvalue weighted by atomic mass is 10.1. The number of carbonyl (C=O) groups is 1. The highest BCUT2D eigenvalue weighted by molar-refractivity contribution is 5.69. The minimum Gasteiger partial charge on any atom is -0.453 e. The molecule has 0 atom stereocenters. The first kappa shape index (κ1) is 7.85. The average molecular weight is 153 g/mol. The number of allylic oxidation sites excluding steroid dienone is 4. The van der Waals surface area contributed by atoms with E-state index in [1.54, 1.807) is 0 Å². The van der Waals surface area contributed by atoms with Crippen LogP contribution in [0.5, 0.6) is 0 Å². The fourth-order valence-electron chi connectivity index (χ4n) is 0.889. The van der Waals surface area contributed by atoms with Gasteiger partial charge in [0.05, 0.1) is 7.11 Å². The maximum atomic E-state index is 10.7. The van der Waals surface area contributed by atoms with Gasteiger partial charge in [-0.1, -0.05) is 12.2 Å². The maximum Gasteiger partial charge on any atom is 0.411 e. The number of hydrogen-bond acceptors (Lipinski definition) is 2. The molecular formula is C8H11NO2. The molecule has 0 radical (unpaired) electrons. The molecule has 1 aliphatic rings. The zero-order valence-corrected chi connectivity index (χ0v) is 6.46. The van der Waals surface area contributed by atoms with Crippen molar-refractivity contribution in [2.24, 2.45) is 0 Å². The summed E-state index contributed by atoms with van der Waals surface area (Å²) < 4.78 is 4.44. The Bertz CT molecular complexity index is 206. The Morgan fingerprint density at radius 1 is 1.73 bits per heavy atom. The van der Waals surface area contributed by atoms with Gasteiger partial charge < -0.3 is 4.74 Å². The number of ether oxygens (including phenoxy) is 1. The Kier molecular flexibility index (Phi) is 2.72. The number of amides is 1. The smallest absolute Gasteiger partial charge is 0.411 e. The number of rotatable bonds is 1. The number of alkyl carbamates (subject to hydrolysis) is 1. The van der Waals surface area contributed by atoms with E-state index in [1.807, 2.05) is 12.2 Å². The highest BCUT2D eigenvalue weighted by Gasteiger charge is 2.03. The highest BCUT2D eigenvalue weighted by Crippen LogP contribution is 2.08. The molecule has 0 aromatic heterocycles. The summed E-state index contributed by atoms with van der Waals surface area (Å²) in [6, 6.07) is 0. The summed E-state index contributed by atoms with van der Waals surface area (Å²) in [4.78, 5) is 10.7. The second-order valence-corrected chi connectivity index (χ2v) is 2.28. The van der Waals surface area contributed by atoms with Crippen molar-refractivity contribution in [3.8, 4) is 0 Å². The van der Waals surface area contributed by atoms with Crippen molar-refractivity contribution >= 4 is 6.09 Å². The molecule has 0 aromatic carbocycles. The van der Waals surface area contributed by atoms with Gasteiger partial charge in [0.2, 0.25) is 0 Å². The molecule has 11 heavy (non-hydrogen) atoms. The van der Waals surface area contributed by atoms with Gasteiger partial charge in [0.1, 0.15) is 0 Å². The Balaban J connectivity index is 2.42. The van der Waals surface area contributed by atoms with Gasteiger partial charge in [-0.25, -0.2) is 4.79 Å². The molecule has 1 aliphatic carbocycles. The zero-order chi connectivity index (χ0) is 8.10. The van der Waals surface area contributed by atoms with Crippen molar-refractivity contribution in [3.63, 3.8) is 0 Å². The minimum atomic E-state index is -0.397. The van der Waals surface area contributed by atoms with E-state index in [-0.39, 0.29) is 0 Å². The molecular weight excluding hydrogens is 142 g/mol. The lowest BCUT2D eigenvalue weighted by Crippen LogP contribution is -2.22. The Morgan fingerprint density at radius 3 is 3.09 bits per heavy atom. The molecule has 0 spiro atoms. The largest absolute Gasteiger partial charge is 0.453 e. The topological polar surface area (TPSA) is 38.3 Å². The molecule has 1 N–H and O–H groups in total. The van der Waals surface area contributed by atoms with E-state index in [9.17, 15) is 4.79 Å². The molecule has 0 aliphatic heterocycles. The van der Waals surface area contributed by atoms with Gasteiger partial charge in [-0.05, 0) is 18.9 Å².